The molecule has 0 aromatic rings. The first-order valence-electron chi connectivity index (χ1n) is 2.47. The van der Waals surface area contributed by atoms with Gasteiger partial charge >= 0.3 is 0 Å². The van der Waals surface area contributed by atoms with E-state index in [1.807, 2.05) is 30.4 Å². The molecule has 1 rings (SSSR count). The lowest BCUT2D eigenvalue weighted by Crippen LogP contribution is -1.72. The van der Waals surface area contributed by atoms with Gasteiger partial charge in [0.1, 0.15) is 0 Å². The van der Waals surface area contributed by atoms with Crippen molar-refractivity contribution < 1.29 is 4.74 Å². The molecule has 41 valence electrons. The van der Waals surface area contributed by atoms with Gasteiger partial charge in [-0.05, 0) is 12.2 Å². The standard InChI is InChI=1S/C7H7O/c1-2-4-6-8-7-5-3-1/h1-7H. The normalized spacial score (nSPS) is 17.0. The maximum Gasteiger partial charge on any atom is 0.157 e. The summed E-state index contributed by atoms with van der Waals surface area (Å²) in [5.74, 6) is 0. The fourth-order valence-corrected chi connectivity index (χ4v) is 0.419. The zero-order valence-corrected chi connectivity index (χ0v) is 4.45. The Bertz CT molecular complexity index is 115. The molecule has 1 radical (unpaired) electrons. The van der Waals surface area contributed by atoms with E-state index in [0.29, 0.717) is 0 Å². The average molecular weight is 107 g/mol. The number of allylic oxidation sites excluding steroid dienone is 4. The Morgan fingerprint density at radius 3 is 2.50 bits per heavy atom. The summed E-state index contributed by atoms with van der Waals surface area (Å²) in [6.45, 7) is 1.62. The van der Waals surface area contributed by atoms with Gasteiger partial charge in [0.2, 0.25) is 0 Å². The van der Waals surface area contributed by atoms with Gasteiger partial charge < -0.3 is 4.74 Å². The molecule has 0 bridgehead atoms. The van der Waals surface area contributed by atoms with Gasteiger partial charge in [0, 0.05) is 0 Å². The van der Waals surface area contributed by atoms with Crippen molar-refractivity contribution in [2.75, 3.05) is 0 Å². The fourth-order valence-electron chi connectivity index (χ4n) is 0.419. The summed E-state index contributed by atoms with van der Waals surface area (Å²) in [6, 6.07) is 0. The van der Waals surface area contributed by atoms with Gasteiger partial charge in [0.15, 0.2) is 6.61 Å². The minimum atomic E-state index is 1.62. The van der Waals surface area contributed by atoms with Crippen molar-refractivity contribution in [3.05, 3.63) is 43.2 Å². The van der Waals surface area contributed by atoms with Gasteiger partial charge in [-0.3, -0.25) is 0 Å². The highest BCUT2D eigenvalue weighted by Gasteiger charge is 1.75. The first-order chi connectivity index (χ1) is 4.00. The fraction of sp³-hybridized carbons (Fsp3) is 0. The van der Waals surface area contributed by atoms with E-state index in [-0.39, 0.29) is 0 Å². The second-order valence-corrected chi connectivity index (χ2v) is 1.37. The van der Waals surface area contributed by atoms with Gasteiger partial charge in [-0.25, -0.2) is 0 Å². The summed E-state index contributed by atoms with van der Waals surface area (Å²) in [5.41, 5.74) is 0. The van der Waals surface area contributed by atoms with E-state index >= 15 is 0 Å². The minimum absolute atomic E-state index is 1.62. The maximum absolute atomic E-state index is 4.83. The van der Waals surface area contributed by atoms with Crippen molar-refractivity contribution in [2.45, 2.75) is 0 Å². The summed E-state index contributed by atoms with van der Waals surface area (Å²) < 4.78 is 4.83. The van der Waals surface area contributed by atoms with Crippen LogP contribution in [0.4, 0.5) is 0 Å². The summed E-state index contributed by atoms with van der Waals surface area (Å²) >= 11 is 0. The predicted molar refractivity (Wildman–Crippen MR) is 32.8 cm³/mol. The molecule has 1 heteroatoms. The molecule has 0 fully saturated rings. The third kappa shape index (κ3) is 1.65. The van der Waals surface area contributed by atoms with Crippen LogP contribution in [0.1, 0.15) is 0 Å². The van der Waals surface area contributed by atoms with Gasteiger partial charge in [0.25, 0.3) is 0 Å². The molecule has 0 aromatic carbocycles. The molecule has 0 saturated heterocycles. The second kappa shape index (κ2) is 3.08. The van der Waals surface area contributed by atoms with Crippen molar-refractivity contribution >= 4 is 0 Å². The Hall–Kier alpha value is -0.980. The van der Waals surface area contributed by atoms with Crippen molar-refractivity contribution in [1.82, 2.24) is 0 Å². The highest BCUT2D eigenvalue weighted by atomic mass is 16.5. The van der Waals surface area contributed by atoms with Gasteiger partial charge in [0.05, 0.1) is 6.26 Å². The molecule has 1 nitrogen and oxygen atoms in total. The Balaban J connectivity index is 2.51. The number of hydrogen-bond acceptors (Lipinski definition) is 1. The first kappa shape index (κ1) is 5.16. The second-order valence-electron chi connectivity index (χ2n) is 1.37. The number of hydrogen-bond donors (Lipinski definition) is 0. The van der Waals surface area contributed by atoms with Crippen LogP contribution >= 0.6 is 0 Å². The maximum atomic E-state index is 4.83. The smallest absolute Gasteiger partial charge is 0.157 e. The van der Waals surface area contributed by atoms with E-state index in [1.165, 1.54) is 0 Å². The van der Waals surface area contributed by atoms with Crippen LogP contribution in [-0.4, -0.2) is 0 Å². The Kier molecular flexibility index (Phi) is 1.99. The number of rotatable bonds is 0. The van der Waals surface area contributed by atoms with Crippen LogP contribution in [0.5, 0.6) is 0 Å². The topological polar surface area (TPSA) is 9.23 Å². The predicted octanol–water partition coefficient (Wildman–Crippen LogP) is 1.80. The summed E-state index contributed by atoms with van der Waals surface area (Å²) in [7, 11) is 0. The quantitative estimate of drug-likeness (QED) is 0.458. The Labute approximate surface area is 49.0 Å². The minimum Gasteiger partial charge on any atom is -0.490 e. The molecular formula is C7H7O. The highest BCUT2D eigenvalue weighted by molar-refractivity contribution is 5.13. The molecule has 0 spiro atoms. The van der Waals surface area contributed by atoms with E-state index in [2.05, 4.69) is 0 Å². The van der Waals surface area contributed by atoms with Crippen molar-refractivity contribution in [1.29, 1.82) is 0 Å². The highest BCUT2D eigenvalue weighted by Crippen LogP contribution is 1.91. The molecule has 1 aliphatic heterocycles. The largest absolute Gasteiger partial charge is 0.490 e. The third-order valence-electron chi connectivity index (χ3n) is 0.759. The molecule has 8 heavy (non-hydrogen) atoms. The SMILES string of the molecule is [CH]1C=CC=CC=CO1. The zero-order valence-electron chi connectivity index (χ0n) is 4.45. The lowest BCUT2D eigenvalue weighted by molar-refractivity contribution is 0.357. The molecule has 1 aliphatic rings. The zero-order chi connectivity index (χ0) is 5.66. The molecule has 0 aromatic heterocycles. The molecular weight excluding hydrogens is 100 g/mol. The first-order valence-corrected chi connectivity index (χ1v) is 2.47. The van der Waals surface area contributed by atoms with Crippen LogP contribution in [-0.2, 0) is 4.74 Å². The molecule has 0 atom stereocenters. The Morgan fingerprint density at radius 1 is 0.750 bits per heavy atom. The van der Waals surface area contributed by atoms with Crippen LogP contribution in [0.25, 0.3) is 0 Å². The average Bonchev–Trinajstić information content (AvgIpc) is 1.62. The van der Waals surface area contributed by atoms with Crippen LogP contribution in [0.2, 0.25) is 0 Å². The monoisotopic (exact) mass is 107 g/mol. The van der Waals surface area contributed by atoms with Crippen LogP contribution in [0.3, 0.4) is 0 Å². The van der Waals surface area contributed by atoms with E-state index in [0.717, 1.165) is 0 Å². The van der Waals surface area contributed by atoms with Crippen molar-refractivity contribution in [2.24, 2.45) is 0 Å². The van der Waals surface area contributed by atoms with E-state index in [9.17, 15) is 0 Å². The van der Waals surface area contributed by atoms with Crippen LogP contribution < -0.4 is 0 Å². The lowest BCUT2D eigenvalue weighted by Gasteiger charge is -1.91. The summed E-state index contributed by atoms with van der Waals surface area (Å²) in [6.07, 6.45) is 11.0. The van der Waals surface area contributed by atoms with E-state index in [1.54, 1.807) is 12.9 Å². The molecule has 0 amide bonds. The van der Waals surface area contributed by atoms with Gasteiger partial charge in [-0.2, -0.15) is 0 Å². The van der Waals surface area contributed by atoms with Gasteiger partial charge in [-0.1, -0.05) is 18.2 Å². The van der Waals surface area contributed by atoms with Crippen molar-refractivity contribution in [3.63, 3.8) is 0 Å². The van der Waals surface area contributed by atoms with Gasteiger partial charge in [-0.15, -0.1) is 0 Å². The Morgan fingerprint density at radius 2 is 1.50 bits per heavy atom. The molecule has 0 aliphatic carbocycles. The summed E-state index contributed by atoms with van der Waals surface area (Å²) in [5, 5.41) is 0. The molecule has 0 N–H and O–H groups in total. The van der Waals surface area contributed by atoms with E-state index < -0.39 is 0 Å². The van der Waals surface area contributed by atoms with Crippen molar-refractivity contribution in [3.8, 4) is 0 Å². The molecule has 0 saturated carbocycles. The van der Waals surface area contributed by atoms with Crippen LogP contribution in [0, 0.1) is 6.61 Å². The molecule has 1 heterocycles. The lowest BCUT2D eigenvalue weighted by atomic mass is 10.4. The summed E-state index contributed by atoms with van der Waals surface area (Å²) in [4.78, 5) is 0. The third-order valence-corrected chi connectivity index (χ3v) is 0.759. The number of ether oxygens (including phenoxy) is 1. The van der Waals surface area contributed by atoms with Crippen LogP contribution in [0.15, 0.2) is 36.6 Å². The molecule has 0 unspecified atom stereocenters. The van der Waals surface area contributed by atoms with E-state index in [4.69, 9.17) is 4.74 Å².